The third kappa shape index (κ3) is 2.82. The SMILES string of the molecule is C=CC1=C(C(=O)O)N2C(=O)[C@H](NC(=O)/C(=N\O)c3csc(N)n3)[C@@H]2SC1. The first-order chi connectivity index (χ1) is 12.4. The minimum absolute atomic E-state index is 0.0764. The van der Waals surface area contributed by atoms with Crippen molar-refractivity contribution in [3.05, 3.63) is 35.0 Å². The van der Waals surface area contributed by atoms with Crippen molar-refractivity contribution in [3.63, 3.8) is 0 Å². The molecule has 1 aromatic heterocycles. The molecule has 1 fully saturated rings. The average Bonchev–Trinajstić information content (AvgIpc) is 3.04. The number of carboxylic acid groups (broad SMARTS) is 1. The van der Waals surface area contributed by atoms with Crippen LogP contribution in [0.5, 0.6) is 0 Å². The number of hydrogen-bond donors (Lipinski definition) is 4. The van der Waals surface area contributed by atoms with Gasteiger partial charge in [0.25, 0.3) is 11.8 Å². The van der Waals surface area contributed by atoms with Crippen LogP contribution in [-0.4, -0.2) is 60.9 Å². The van der Waals surface area contributed by atoms with Gasteiger partial charge in [-0.1, -0.05) is 17.8 Å². The summed E-state index contributed by atoms with van der Waals surface area (Å²) in [6.07, 6.45) is 1.40. The normalized spacial score (nSPS) is 22.5. The molecule has 12 heteroatoms. The first-order valence-corrected chi connectivity index (χ1v) is 9.09. The van der Waals surface area contributed by atoms with Crippen LogP contribution < -0.4 is 11.1 Å². The maximum atomic E-state index is 12.4. The lowest BCUT2D eigenvalue weighted by Gasteiger charge is -2.49. The summed E-state index contributed by atoms with van der Waals surface area (Å²) in [5.74, 6) is -2.27. The molecule has 0 radical (unpaired) electrons. The molecule has 136 valence electrons. The Labute approximate surface area is 155 Å². The second-order valence-electron chi connectivity index (χ2n) is 5.26. The van der Waals surface area contributed by atoms with Crippen molar-refractivity contribution in [1.82, 2.24) is 15.2 Å². The van der Waals surface area contributed by atoms with Crippen LogP contribution in [0.2, 0.25) is 0 Å². The van der Waals surface area contributed by atoms with E-state index in [1.165, 1.54) is 23.2 Å². The molecule has 26 heavy (non-hydrogen) atoms. The molecule has 5 N–H and O–H groups in total. The van der Waals surface area contributed by atoms with E-state index in [9.17, 15) is 19.5 Å². The highest BCUT2D eigenvalue weighted by molar-refractivity contribution is 8.00. The van der Waals surface area contributed by atoms with Crippen molar-refractivity contribution in [2.24, 2.45) is 5.16 Å². The second-order valence-corrected chi connectivity index (χ2v) is 7.26. The molecule has 3 heterocycles. The number of β-lactam (4-membered cyclic amide) rings is 1. The van der Waals surface area contributed by atoms with Crippen LogP contribution in [0.25, 0.3) is 0 Å². The van der Waals surface area contributed by atoms with Crippen molar-refractivity contribution in [2.75, 3.05) is 11.5 Å². The number of oxime groups is 1. The van der Waals surface area contributed by atoms with Crippen LogP contribution in [0.1, 0.15) is 5.69 Å². The molecule has 0 bridgehead atoms. The summed E-state index contributed by atoms with van der Waals surface area (Å²) in [5, 5.41) is 24.9. The first-order valence-electron chi connectivity index (χ1n) is 7.16. The molecule has 0 saturated carbocycles. The Morgan fingerprint density at radius 3 is 2.81 bits per heavy atom. The Morgan fingerprint density at radius 2 is 2.27 bits per heavy atom. The fourth-order valence-corrected chi connectivity index (χ4v) is 4.51. The van der Waals surface area contributed by atoms with E-state index in [0.717, 1.165) is 16.2 Å². The minimum atomic E-state index is -1.24. The molecule has 1 saturated heterocycles. The zero-order valence-corrected chi connectivity index (χ0v) is 14.7. The van der Waals surface area contributed by atoms with Crippen molar-refractivity contribution in [3.8, 4) is 0 Å². The Balaban J connectivity index is 1.78. The van der Waals surface area contributed by atoms with E-state index in [1.54, 1.807) is 0 Å². The number of nitrogens with two attached hydrogens (primary N) is 1. The van der Waals surface area contributed by atoms with E-state index in [-0.39, 0.29) is 22.2 Å². The van der Waals surface area contributed by atoms with Crippen LogP contribution in [0.3, 0.4) is 0 Å². The lowest BCUT2D eigenvalue weighted by atomic mass is 10.0. The molecular formula is C14H13N5O5S2. The third-order valence-electron chi connectivity index (χ3n) is 3.81. The molecule has 0 aromatic carbocycles. The van der Waals surface area contributed by atoms with Crippen molar-refractivity contribution in [2.45, 2.75) is 11.4 Å². The molecule has 3 rings (SSSR count). The Morgan fingerprint density at radius 1 is 1.54 bits per heavy atom. The highest BCUT2D eigenvalue weighted by Crippen LogP contribution is 2.40. The number of nitrogens with one attached hydrogen (secondary N) is 1. The zero-order valence-electron chi connectivity index (χ0n) is 13.1. The van der Waals surface area contributed by atoms with Gasteiger partial charge in [0.05, 0.1) is 0 Å². The van der Waals surface area contributed by atoms with Gasteiger partial charge < -0.3 is 21.4 Å². The molecule has 2 amide bonds. The van der Waals surface area contributed by atoms with Crippen LogP contribution >= 0.6 is 23.1 Å². The number of carboxylic acids is 1. The van der Waals surface area contributed by atoms with Gasteiger partial charge >= 0.3 is 5.97 Å². The van der Waals surface area contributed by atoms with Crippen molar-refractivity contribution in [1.29, 1.82) is 0 Å². The molecule has 2 aliphatic heterocycles. The van der Waals surface area contributed by atoms with Crippen LogP contribution in [0, 0.1) is 0 Å². The Bertz CT molecular complexity index is 877. The molecule has 0 spiro atoms. The number of nitrogen functional groups attached to an aromatic ring is 1. The number of fused-ring (bicyclic) bond motifs is 1. The van der Waals surface area contributed by atoms with E-state index < -0.39 is 29.2 Å². The summed E-state index contributed by atoms with van der Waals surface area (Å²) in [4.78, 5) is 41.2. The summed E-state index contributed by atoms with van der Waals surface area (Å²) < 4.78 is 0. The molecule has 0 unspecified atom stereocenters. The highest BCUT2D eigenvalue weighted by Gasteiger charge is 2.54. The van der Waals surface area contributed by atoms with E-state index in [0.29, 0.717) is 11.3 Å². The number of rotatable bonds is 5. The first kappa shape index (κ1) is 17.9. The maximum absolute atomic E-state index is 12.4. The highest BCUT2D eigenvalue weighted by atomic mass is 32.2. The smallest absolute Gasteiger partial charge is 0.352 e. The number of nitrogens with zero attached hydrogens (tertiary/aromatic N) is 3. The van der Waals surface area contributed by atoms with Gasteiger partial charge in [-0.25, -0.2) is 9.78 Å². The zero-order chi connectivity index (χ0) is 19.0. The molecule has 10 nitrogen and oxygen atoms in total. The fraction of sp³-hybridized carbons (Fsp3) is 0.214. The number of thioether (sulfide) groups is 1. The lowest BCUT2D eigenvalue weighted by Crippen LogP contribution is -2.71. The number of carbonyl (C=O) groups excluding carboxylic acids is 2. The quantitative estimate of drug-likeness (QED) is 0.231. The summed E-state index contributed by atoms with van der Waals surface area (Å²) >= 11 is 2.37. The summed E-state index contributed by atoms with van der Waals surface area (Å²) in [6, 6.07) is -0.944. The number of aliphatic carboxylic acids is 1. The summed E-state index contributed by atoms with van der Waals surface area (Å²) in [7, 11) is 0. The third-order valence-corrected chi connectivity index (χ3v) is 5.79. The van der Waals surface area contributed by atoms with Crippen LogP contribution in [0.15, 0.2) is 34.5 Å². The van der Waals surface area contributed by atoms with E-state index in [1.807, 2.05) is 0 Å². The van der Waals surface area contributed by atoms with E-state index in [2.05, 4.69) is 22.0 Å². The molecule has 2 aliphatic rings. The fourth-order valence-electron chi connectivity index (χ4n) is 2.62. The second kappa shape index (κ2) is 6.80. The molecular weight excluding hydrogens is 382 g/mol. The van der Waals surface area contributed by atoms with Crippen molar-refractivity contribution >= 4 is 51.7 Å². The molecule has 1 aromatic rings. The van der Waals surface area contributed by atoms with Gasteiger partial charge in [-0.15, -0.1) is 23.1 Å². The molecule has 0 aliphatic carbocycles. The average molecular weight is 395 g/mol. The number of allylic oxidation sites excluding steroid dienone is 1. The number of amides is 2. The van der Waals surface area contributed by atoms with Gasteiger partial charge in [0, 0.05) is 11.1 Å². The van der Waals surface area contributed by atoms with Gasteiger partial charge in [0.15, 0.2) is 10.8 Å². The Hall–Kier alpha value is -2.86. The van der Waals surface area contributed by atoms with Crippen LogP contribution in [-0.2, 0) is 14.4 Å². The predicted octanol–water partition coefficient (Wildman–Crippen LogP) is -0.172. The van der Waals surface area contributed by atoms with E-state index in [4.69, 9.17) is 10.9 Å². The maximum Gasteiger partial charge on any atom is 0.352 e. The van der Waals surface area contributed by atoms with Crippen LogP contribution in [0.4, 0.5) is 5.13 Å². The molecule has 2 atom stereocenters. The van der Waals surface area contributed by atoms with Crippen molar-refractivity contribution < 1.29 is 24.7 Å². The largest absolute Gasteiger partial charge is 0.477 e. The summed E-state index contributed by atoms with van der Waals surface area (Å²) in [5.41, 5.74) is 5.49. The monoisotopic (exact) mass is 395 g/mol. The van der Waals surface area contributed by atoms with E-state index >= 15 is 0 Å². The standard InChI is InChI=1S/C14H13N5O5S2/c1-2-5-3-25-12-8(11(21)19(12)9(5)13(22)23)17-10(20)7(18-24)6-4-26-14(15)16-6/h2,4,8,12,24H,1,3H2,(H2,15,16)(H,17,20)(H,22,23)/b18-7-/t8-,12-/m0/s1. The van der Waals surface area contributed by atoms with Gasteiger partial charge in [-0.3, -0.25) is 14.5 Å². The number of hydrogen-bond acceptors (Lipinski definition) is 9. The number of aromatic nitrogens is 1. The Kier molecular flexibility index (Phi) is 4.70. The van der Waals surface area contributed by atoms with Gasteiger partial charge in [0.1, 0.15) is 22.8 Å². The van der Waals surface area contributed by atoms with Gasteiger partial charge in [-0.2, -0.15) is 0 Å². The van der Waals surface area contributed by atoms with Gasteiger partial charge in [0.2, 0.25) is 0 Å². The lowest BCUT2D eigenvalue weighted by molar-refractivity contribution is -0.150. The number of carbonyl (C=O) groups is 3. The number of anilines is 1. The minimum Gasteiger partial charge on any atom is -0.477 e. The number of thiazole rings is 1. The topological polar surface area (TPSA) is 158 Å². The predicted molar refractivity (Wildman–Crippen MR) is 94.7 cm³/mol. The summed E-state index contributed by atoms with van der Waals surface area (Å²) in [6.45, 7) is 3.56. The van der Waals surface area contributed by atoms with Gasteiger partial charge in [-0.05, 0) is 5.57 Å².